The van der Waals surface area contributed by atoms with Crippen molar-refractivity contribution < 1.29 is 4.42 Å². The molecule has 0 saturated carbocycles. The van der Waals surface area contributed by atoms with E-state index in [1.54, 1.807) is 6.20 Å². The van der Waals surface area contributed by atoms with Gasteiger partial charge in [0.1, 0.15) is 5.38 Å². The quantitative estimate of drug-likeness (QED) is 0.751. The molecule has 2 nitrogen and oxygen atoms in total. The van der Waals surface area contributed by atoms with Crippen LogP contribution >= 0.6 is 27.5 Å². The maximum absolute atomic E-state index is 5.90. The molecule has 2 aromatic rings. The van der Waals surface area contributed by atoms with Crippen LogP contribution in [0.3, 0.4) is 0 Å². The molecule has 1 unspecified atom stereocenters. The second-order valence-electron chi connectivity index (χ2n) is 3.70. The minimum atomic E-state index is -0.206. The van der Waals surface area contributed by atoms with Crippen molar-refractivity contribution in [3.8, 4) is 11.3 Å². The maximum atomic E-state index is 5.90. The van der Waals surface area contributed by atoms with E-state index in [0.717, 1.165) is 15.8 Å². The van der Waals surface area contributed by atoms with Crippen LogP contribution < -0.4 is 0 Å². The van der Waals surface area contributed by atoms with Crippen LogP contribution in [-0.2, 0) is 0 Å². The zero-order valence-electron chi connectivity index (χ0n) is 9.00. The Morgan fingerprint density at radius 1 is 1.38 bits per heavy atom. The summed E-state index contributed by atoms with van der Waals surface area (Å²) < 4.78 is 6.60. The van der Waals surface area contributed by atoms with Crippen LogP contribution in [0.2, 0.25) is 0 Å². The van der Waals surface area contributed by atoms with Gasteiger partial charge in [0.05, 0.1) is 6.20 Å². The fraction of sp³-hybridized carbons (Fsp3) is 0.250. The summed E-state index contributed by atoms with van der Waals surface area (Å²) in [6, 6.07) is 6.09. The van der Waals surface area contributed by atoms with Gasteiger partial charge in [-0.15, -0.1) is 11.6 Å². The van der Waals surface area contributed by atoms with Crippen molar-refractivity contribution in [3.05, 3.63) is 40.3 Å². The lowest BCUT2D eigenvalue weighted by Crippen LogP contribution is -1.81. The SMILES string of the molecule is Cc1cc(Br)cc(-c2cnc(C(C)Cl)o2)c1. The molecule has 1 aromatic carbocycles. The topological polar surface area (TPSA) is 26.0 Å². The number of halogens is 2. The van der Waals surface area contributed by atoms with Gasteiger partial charge in [-0.25, -0.2) is 4.98 Å². The summed E-state index contributed by atoms with van der Waals surface area (Å²) in [5.41, 5.74) is 2.17. The highest BCUT2D eigenvalue weighted by molar-refractivity contribution is 9.10. The summed E-state index contributed by atoms with van der Waals surface area (Å²) in [6.07, 6.45) is 1.70. The van der Waals surface area contributed by atoms with Crippen LogP contribution in [0.5, 0.6) is 0 Å². The van der Waals surface area contributed by atoms with Crippen molar-refractivity contribution >= 4 is 27.5 Å². The van der Waals surface area contributed by atoms with Crippen LogP contribution in [0.1, 0.15) is 23.8 Å². The molecule has 0 fully saturated rings. The minimum absolute atomic E-state index is 0.206. The van der Waals surface area contributed by atoms with Gasteiger partial charge >= 0.3 is 0 Å². The van der Waals surface area contributed by atoms with Gasteiger partial charge in [-0.05, 0) is 37.6 Å². The average Bonchev–Trinajstić information content (AvgIpc) is 2.64. The number of rotatable bonds is 2. The van der Waals surface area contributed by atoms with E-state index in [1.165, 1.54) is 5.56 Å². The predicted octanol–water partition coefficient (Wildman–Crippen LogP) is 4.71. The van der Waals surface area contributed by atoms with E-state index >= 15 is 0 Å². The summed E-state index contributed by atoms with van der Waals surface area (Å²) in [5.74, 6) is 1.29. The first kappa shape index (κ1) is 11.7. The standard InChI is InChI=1S/C12H11BrClNO/c1-7-3-9(5-10(13)4-7)11-6-15-12(16-11)8(2)14/h3-6,8H,1-2H3. The van der Waals surface area contributed by atoms with Gasteiger partial charge in [0.25, 0.3) is 0 Å². The monoisotopic (exact) mass is 299 g/mol. The maximum Gasteiger partial charge on any atom is 0.212 e. The van der Waals surface area contributed by atoms with Gasteiger partial charge in [0.2, 0.25) is 5.89 Å². The first-order valence-electron chi connectivity index (χ1n) is 4.93. The van der Waals surface area contributed by atoms with Crippen molar-refractivity contribution in [3.63, 3.8) is 0 Å². The molecular weight excluding hydrogens is 289 g/mol. The third kappa shape index (κ3) is 2.47. The van der Waals surface area contributed by atoms with E-state index in [4.69, 9.17) is 16.0 Å². The Labute approximate surface area is 108 Å². The Kier molecular flexibility index (Phi) is 3.36. The van der Waals surface area contributed by atoms with Gasteiger partial charge in [-0.3, -0.25) is 0 Å². The van der Waals surface area contributed by atoms with Gasteiger partial charge < -0.3 is 4.42 Å². The highest BCUT2D eigenvalue weighted by Gasteiger charge is 2.11. The van der Waals surface area contributed by atoms with Crippen molar-refractivity contribution in [2.75, 3.05) is 0 Å². The number of alkyl halides is 1. The zero-order valence-corrected chi connectivity index (χ0v) is 11.3. The largest absolute Gasteiger partial charge is 0.439 e. The lowest BCUT2D eigenvalue weighted by Gasteiger charge is -2.00. The number of hydrogen-bond donors (Lipinski definition) is 0. The van der Waals surface area contributed by atoms with Crippen molar-refractivity contribution in [1.29, 1.82) is 0 Å². The number of aromatic nitrogens is 1. The Hall–Kier alpha value is -0.800. The molecule has 2 rings (SSSR count). The lowest BCUT2D eigenvalue weighted by atomic mass is 10.1. The van der Waals surface area contributed by atoms with Crippen molar-refractivity contribution in [2.24, 2.45) is 0 Å². The van der Waals surface area contributed by atoms with Gasteiger partial charge in [0, 0.05) is 10.0 Å². The van der Waals surface area contributed by atoms with Gasteiger partial charge in [0.15, 0.2) is 5.76 Å². The molecular formula is C12H11BrClNO. The molecule has 0 amide bonds. The van der Waals surface area contributed by atoms with Crippen molar-refractivity contribution in [1.82, 2.24) is 4.98 Å². The Balaban J connectivity index is 2.42. The summed E-state index contributed by atoms with van der Waals surface area (Å²) in [5, 5.41) is -0.206. The molecule has 1 aromatic heterocycles. The number of aryl methyl sites for hydroxylation is 1. The molecule has 0 saturated heterocycles. The molecule has 4 heteroatoms. The second kappa shape index (κ2) is 4.60. The van der Waals surface area contributed by atoms with E-state index in [2.05, 4.69) is 20.9 Å². The first-order valence-corrected chi connectivity index (χ1v) is 6.16. The van der Waals surface area contributed by atoms with Crippen LogP contribution in [0.4, 0.5) is 0 Å². The fourth-order valence-corrected chi connectivity index (χ4v) is 2.19. The highest BCUT2D eigenvalue weighted by Crippen LogP contribution is 2.28. The van der Waals surface area contributed by atoms with Crippen LogP contribution in [-0.4, -0.2) is 4.98 Å². The summed E-state index contributed by atoms with van der Waals surface area (Å²) >= 11 is 9.36. The molecule has 0 bridgehead atoms. The molecule has 16 heavy (non-hydrogen) atoms. The third-order valence-electron chi connectivity index (χ3n) is 2.19. The first-order chi connectivity index (χ1) is 7.56. The molecule has 0 aliphatic heterocycles. The Morgan fingerprint density at radius 3 is 2.69 bits per heavy atom. The number of oxazole rings is 1. The highest BCUT2D eigenvalue weighted by atomic mass is 79.9. The number of benzene rings is 1. The zero-order chi connectivity index (χ0) is 11.7. The Bertz CT molecular complexity index is 487. The van der Waals surface area contributed by atoms with Gasteiger partial charge in [-0.2, -0.15) is 0 Å². The van der Waals surface area contributed by atoms with Crippen molar-refractivity contribution in [2.45, 2.75) is 19.2 Å². The summed E-state index contributed by atoms with van der Waals surface area (Å²) in [4.78, 5) is 4.14. The molecule has 0 spiro atoms. The van der Waals surface area contributed by atoms with E-state index < -0.39 is 0 Å². The lowest BCUT2D eigenvalue weighted by molar-refractivity contribution is 0.508. The fourth-order valence-electron chi connectivity index (χ4n) is 1.48. The number of nitrogens with zero attached hydrogens (tertiary/aromatic N) is 1. The molecule has 84 valence electrons. The molecule has 0 N–H and O–H groups in total. The normalized spacial score (nSPS) is 12.8. The average molecular weight is 301 g/mol. The van der Waals surface area contributed by atoms with E-state index in [-0.39, 0.29) is 5.38 Å². The Morgan fingerprint density at radius 2 is 2.12 bits per heavy atom. The molecule has 0 aliphatic carbocycles. The second-order valence-corrected chi connectivity index (χ2v) is 5.27. The van der Waals surface area contributed by atoms with E-state index in [9.17, 15) is 0 Å². The minimum Gasteiger partial charge on any atom is -0.439 e. The van der Waals surface area contributed by atoms with Gasteiger partial charge in [-0.1, -0.05) is 15.9 Å². The van der Waals surface area contributed by atoms with E-state index in [1.807, 2.05) is 32.0 Å². The number of hydrogen-bond acceptors (Lipinski definition) is 2. The molecule has 0 aliphatic rings. The predicted molar refractivity (Wildman–Crippen MR) is 68.6 cm³/mol. The summed E-state index contributed by atoms with van der Waals surface area (Å²) in [6.45, 7) is 3.87. The van der Waals surface area contributed by atoms with E-state index in [0.29, 0.717) is 5.89 Å². The molecule has 0 radical (unpaired) electrons. The molecule has 1 atom stereocenters. The summed E-state index contributed by atoms with van der Waals surface area (Å²) in [7, 11) is 0. The van der Waals surface area contributed by atoms with Crippen LogP contribution in [0.15, 0.2) is 33.3 Å². The third-order valence-corrected chi connectivity index (χ3v) is 2.84. The van der Waals surface area contributed by atoms with Crippen LogP contribution in [0, 0.1) is 6.92 Å². The van der Waals surface area contributed by atoms with Crippen LogP contribution in [0.25, 0.3) is 11.3 Å². The molecule has 1 heterocycles. The smallest absolute Gasteiger partial charge is 0.212 e.